The normalized spacial score (nSPS) is 26.3. The Bertz CT molecular complexity index is 452. The fraction of sp³-hybridized carbons (Fsp3) is 0.857. The van der Waals surface area contributed by atoms with Gasteiger partial charge in [0.25, 0.3) is 0 Å². The van der Waals surface area contributed by atoms with E-state index in [1.54, 1.807) is 7.11 Å². The van der Waals surface area contributed by atoms with Crippen LogP contribution in [0.25, 0.3) is 0 Å². The van der Waals surface area contributed by atoms with Crippen LogP contribution in [0.3, 0.4) is 0 Å². The zero-order valence-electron chi connectivity index (χ0n) is 12.9. The van der Waals surface area contributed by atoms with E-state index in [0.717, 1.165) is 25.7 Å². The molecule has 0 aromatic carbocycles. The number of anilines is 1. The van der Waals surface area contributed by atoms with Crippen LogP contribution in [0.15, 0.2) is 4.42 Å². The quantitative estimate of drug-likeness (QED) is 0.766. The van der Waals surface area contributed by atoms with Gasteiger partial charge < -0.3 is 19.4 Å². The van der Waals surface area contributed by atoms with Gasteiger partial charge in [-0.15, -0.1) is 5.10 Å². The van der Waals surface area contributed by atoms with E-state index in [9.17, 15) is 0 Å². The Morgan fingerprint density at radius 3 is 3.00 bits per heavy atom. The number of methoxy groups -OCH3 is 1. The van der Waals surface area contributed by atoms with Crippen LogP contribution in [0.4, 0.5) is 6.01 Å². The number of aromatic nitrogens is 2. The van der Waals surface area contributed by atoms with Crippen molar-refractivity contribution in [1.29, 1.82) is 0 Å². The number of hydrogen-bond donors (Lipinski definition) is 1. The highest BCUT2D eigenvalue weighted by atomic mass is 16.5. The highest BCUT2D eigenvalue weighted by Gasteiger charge is 2.35. The third-order valence-corrected chi connectivity index (χ3v) is 4.63. The van der Waals surface area contributed by atoms with Gasteiger partial charge in [-0.25, -0.2) is 0 Å². The molecule has 1 N–H and O–H groups in total. The summed E-state index contributed by atoms with van der Waals surface area (Å²) in [5, 5.41) is 11.6. The lowest BCUT2D eigenvalue weighted by atomic mass is 10.1. The summed E-state index contributed by atoms with van der Waals surface area (Å²) in [5.41, 5.74) is 0. The van der Waals surface area contributed by atoms with Crippen LogP contribution in [-0.2, 0) is 11.3 Å². The van der Waals surface area contributed by atoms with Crippen molar-refractivity contribution in [3.05, 3.63) is 5.89 Å². The van der Waals surface area contributed by atoms with E-state index in [1.807, 2.05) is 0 Å². The van der Waals surface area contributed by atoms with Gasteiger partial charge in [-0.1, -0.05) is 5.10 Å². The second-order valence-electron chi connectivity index (χ2n) is 5.93. The van der Waals surface area contributed by atoms with Crippen molar-refractivity contribution in [3.63, 3.8) is 0 Å². The molecule has 1 aromatic heterocycles. The monoisotopic (exact) mass is 295 g/mol. The lowest BCUT2D eigenvalue weighted by molar-refractivity contribution is 0.198. The van der Waals surface area contributed by atoms with Crippen molar-refractivity contribution < 1.29 is 9.15 Å². The molecule has 2 saturated heterocycles. The maximum Gasteiger partial charge on any atom is 0.318 e. The predicted octanol–water partition coefficient (Wildman–Crippen LogP) is 0.479. The lowest BCUT2D eigenvalue weighted by Gasteiger charge is -2.24. The summed E-state index contributed by atoms with van der Waals surface area (Å²) in [7, 11) is 3.93. The Morgan fingerprint density at radius 1 is 1.29 bits per heavy atom. The Labute approximate surface area is 125 Å². The van der Waals surface area contributed by atoms with Crippen molar-refractivity contribution in [2.45, 2.75) is 37.9 Å². The lowest BCUT2D eigenvalue weighted by Crippen LogP contribution is -2.36. The minimum absolute atomic E-state index is 0.593. The molecule has 1 aromatic rings. The van der Waals surface area contributed by atoms with Gasteiger partial charge in [0.05, 0.1) is 13.2 Å². The molecule has 2 fully saturated rings. The maximum absolute atomic E-state index is 5.78. The number of hydrogen-bond acceptors (Lipinski definition) is 7. The van der Waals surface area contributed by atoms with Gasteiger partial charge in [0.15, 0.2) is 0 Å². The summed E-state index contributed by atoms with van der Waals surface area (Å²) in [4.78, 5) is 4.76. The van der Waals surface area contributed by atoms with Crippen molar-refractivity contribution in [3.8, 4) is 0 Å². The molecule has 2 atom stereocenters. The summed E-state index contributed by atoms with van der Waals surface area (Å²) >= 11 is 0. The average Bonchev–Trinajstić information content (AvgIpc) is 3.01. The van der Waals surface area contributed by atoms with E-state index < -0.39 is 0 Å². The van der Waals surface area contributed by atoms with Crippen LogP contribution < -0.4 is 10.2 Å². The van der Waals surface area contributed by atoms with Crippen molar-refractivity contribution in [1.82, 2.24) is 20.4 Å². The number of nitrogens with one attached hydrogen (secondary N) is 1. The number of rotatable bonds is 6. The Kier molecular flexibility index (Phi) is 4.72. The van der Waals surface area contributed by atoms with Crippen LogP contribution in [0.1, 0.15) is 25.2 Å². The molecule has 21 heavy (non-hydrogen) atoms. The molecule has 0 amide bonds. The van der Waals surface area contributed by atoms with Crippen molar-refractivity contribution in [2.75, 3.05) is 45.3 Å². The largest absolute Gasteiger partial charge is 0.407 e. The molecule has 0 radical (unpaired) electrons. The molecule has 0 spiro atoms. The molecule has 2 unspecified atom stereocenters. The van der Waals surface area contributed by atoms with E-state index in [-0.39, 0.29) is 0 Å². The molecular formula is C14H25N5O2. The molecule has 3 rings (SSSR count). The summed E-state index contributed by atoms with van der Waals surface area (Å²) in [6.07, 6.45) is 3.78. The molecule has 2 aliphatic rings. The summed E-state index contributed by atoms with van der Waals surface area (Å²) in [6.45, 7) is 4.06. The van der Waals surface area contributed by atoms with Gasteiger partial charge in [0.1, 0.15) is 0 Å². The van der Waals surface area contributed by atoms with E-state index in [1.165, 1.54) is 19.3 Å². The molecule has 7 heteroatoms. The predicted molar refractivity (Wildman–Crippen MR) is 79.3 cm³/mol. The van der Waals surface area contributed by atoms with Crippen LogP contribution in [0.2, 0.25) is 0 Å². The molecule has 0 aliphatic carbocycles. The standard InChI is InChI=1S/C14H25N5O2/c1-18-11-3-4-12(18)10-19(7-5-11)14-17-16-13(21-14)9-15-6-8-20-2/h11-12,15H,3-10H2,1-2H3. The first-order chi connectivity index (χ1) is 10.3. The van der Waals surface area contributed by atoms with Gasteiger partial charge in [0.2, 0.25) is 5.89 Å². The average molecular weight is 295 g/mol. The highest BCUT2D eigenvalue weighted by molar-refractivity contribution is 5.26. The number of fused-ring (bicyclic) bond motifs is 2. The third-order valence-electron chi connectivity index (χ3n) is 4.63. The van der Waals surface area contributed by atoms with Crippen LogP contribution in [0, 0.1) is 0 Å². The molecule has 0 saturated carbocycles. The van der Waals surface area contributed by atoms with Crippen LogP contribution >= 0.6 is 0 Å². The fourth-order valence-electron chi connectivity index (χ4n) is 3.30. The van der Waals surface area contributed by atoms with Crippen LogP contribution in [-0.4, -0.2) is 67.6 Å². The molecule has 7 nitrogen and oxygen atoms in total. The van der Waals surface area contributed by atoms with Crippen molar-refractivity contribution in [2.24, 2.45) is 0 Å². The first kappa shape index (κ1) is 14.7. The molecular weight excluding hydrogens is 270 g/mol. The minimum atomic E-state index is 0.593. The Balaban J connectivity index is 1.56. The second kappa shape index (κ2) is 6.72. The second-order valence-corrected chi connectivity index (χ2v) is 5.93. The molecule has 2 aliphatic heterocycles. The molecule has 118 valence electrons. The summed E-state index contributed by atoms with van der Waals surface area (Å²) in [5.74, 6) is 0.642. The topological polar surface area (TPSA) is 66.7 Å². The zero-order chi connectivity index (χ0) is 14.7. The fourth-order valence-corrected chi connectivity index (χ4v) is 3.30. The number of ether oxygens (including phenoxy) is 1. The summed E-state index contributed by atoms with van der Waals surface area (Å²) in [6, 6.07) is 2.00. The van der Waals surface area contributed by atoms with E-state index >= 15 is 0 Å². The van der Waals surface area contributed by atoms with Gasteiger partial charge in [0, 0.05) is 38.8 Å². The van der Waals surface area contributed by atoms with E-state index in [2.05, 4.69) is 32.4 Å². The first-order valence-corrected chi connectivity index (χ1v) is 7.77. The van der Waals surface area contributed by atoms with E-state index in [4.69, 9.17) is 9.15 Å². The highest BCUT2D eigenvalue weighted by Crippen LogP contribution is 2.30. The number of nitrogens with zero attached hydrogens (tertiary/aromatic N) is 4. The summed E-state index contributed by atoms with van der Waals surface area (Å²) < 4.78 is 10.8. The minimum Gasteiger partial charge on any atom is -0.407 e. The SMILES string of the molecule is COCCNCc1nnc(N2CCC3CCC(C2)N3C)o1. The van der Waals surface area contributed by atoms with Gasteiger partial charge in [-0.05, 0) is 26.3 Å². The third kappa shape index (κ3) is 3.36. The number of likely N-dealkylation sites (N-methyl/N-ethyl adjacent to an activating group) is 1. The van der Waals surface area contributed by atoms with Crippen molar-refractivity contribution >= 4 is 6.01 Å². The Morgan fingerprint density at radius 2 is 2.14 bits per heavy atom. The van der Waals surface area contributed by atoms with E-state index in [0.29, 0.717) is 31.1 Å². The maximum atomic E-state index is 5.78. The van der Waals surface area contributed by atoms with Gasteiger partial charge in [-0.2, -0.15) is 0 Å². The zero-order valence-corrected chi connectivity index (χ0v) is 12.9. The molecule has 3 heterocycles. The van der Waals surface area contributed by atoms with Gasteiger partial charge in [-0.3, -0.25) is 4.90 Å². The van der Waals surface area contributed by atoms with Gasteiger partial charge >= 0.3 is 6.01 Å². The molecule has 2 bridgehead atoms. The Hall–Kier alpha value is -1.18. The smallest absolute Gasteiger partial charge is 0.318 e. The van der Waals surface area contributed by atoms with Crippen LogP contribution in [0.5, 0.6) is 0 Å². The first-order valence-electron chi connectivity index (χ1n) is 7.77.